The van der Waals surface area contributed by atoms with Crippen LogP contribution in [-0.2, 0) is 0 Å². The maximum atomic E-state index is 12.1. The Morgan fingerprint density at radius 1 is 1.21 bits per heavy atom. The summed E-state index contributed by atoms with van der Waals surface area (Å²) in [6.45, 7) is 1.87. The molecule has 0 fully saturated rings. The average molecular weight is 256 g/mol. The number of carbonyl (C=O) groups is 1. The number of para-hydroxylation sites is 2. The first-order valence-electron chi connectivity index (χ1n) is 5.92. The number of aryl methyl sites for hydroxylation is 1. The van der Waals surface area contributed by atoms with Crippen molar-refractivity contribution in [2.24, 2.45) is 0 Å². The van der Waals surface area contributed by atoms with Crippen LogP contribution in [-0.4, -0.2) is 13.0 Å². The summed E-state index contributed by atoms with van der Waals surface area (Å²) in [7, 11) is 1.57. The number of rotatable bonds is 3. The van der Waals surface area contributed by atoms with Crippen molar-refractivity contribution in [3.05, 3.63) is 53.6 Å². The van der Waals surface area contributed by atoms with Crippen LogP contribution in [0.3, 0.4) is 0 Å². The monoisotopic (exact) mass is 256 g/mol. The summed E-state index contributed by atoms with van der Waals surface area (Å²) in [4.78, 5) is 12.1. The molecule has 4 heteroatoms. The Morgan fingerprint density at radius 2 is 1.95 bits per heavy atom. The fourth-order valence-corrected chi connectivity index (χ4v) is 1.76. The summed E-state index contributed by atoms with van der Waals surface area (Å²) in [6.07, 6.45) is 0. The number of methoxy groups -OCH3 is 1. The largest absolute Gasteiger partial charge is 0.495 e. The van der Waals surface area contributed by atoms with Crippen LogP contribution in [0.5, 0.6) is 5.75 Å². The normalized spacial score (nSPS) is 10.0. The van der Waals surface area contributed by atoms with Gasteiger partial charge in [-0.2, -0.15) is 0 Å². The van der Waals surface area contributed by atoms with E-state index in [0.29, 0.717) is 22.7 Å². The van der Waals surface area contributed by atoms with Gasteiger partial charge in [0.1, 0.15) is 5.75 Å². The van der Waals surface area contributed by atoms with E-state index in [9.17, 15) is 4.79 Å². The number of hydrogen-bond acceptors (Lipinski definition) is 3. The summed E-state index contributed by atoms with van der Waals surface area (Å²) in [5.41, 5.74) is 8.50. The molecule has 0 unspecified atom stereocenters. The van der Waals surface area contributed by atoms with E-state index in [1.165, 1.54) is 0 Å². The van der Waals surface area contributed by atoms with Gasteiger partial charge in [0.05, 0.1) is 12.8 Å². The van der Waals surface area contributed by atoms with Gasteiger partial charge < -0.3 is 15.8 Å². The molecule has 1 amide bonds. The Labute approximate surface area is 112 Å². The smallest absolute Gasteiger partial charge is 0.255 e. The van der Waals surface area contributed by atoms with Crippen molar-refractivity contribution in [2.75, 3.05) is 18.2 Å². The van der Waals surface area contributed by atoms with Crippen LogP contribution < -0.4 is 15.8 Å². The number of hydrogen-bond donors (Lipinski definition) is 2. The van der Waals surface area contributed by atoms with Crippen molar-refractivity contribution in [2.45, 2.75) is 6.92 Å². The molecule has 2 rings (SSSR count). The lowest BCUT2D eigenvalue weighted by atomic mass is 10.1. The maximum Gasteiger partial charge on any atom is 0.255 e. The van der Waals surface area contributed by atoms with Crippen molar-refractivity contribution in [3.63, 3.8) is 0 Å². The molecule has 0 saturated carbocycles. The summed E-state index contributed by atoms with van der Waals surface area (Å²) in [6, 6.07) is 12.5. The quantitative estimate of drug-likeness (QED) is 0.830. The predicted octanol–water partition coefficient (Wildman–Crippen LogP) is 2.84. The highest BCUT2D eigenvalue weighted by Crippen LogP contribution is 2.24. The molecular formula is C15H16N2O2. The van der Waals surface area contributed by atoms with E-state index in [1.54, 1.807) is 37.4 Å². The Morgan fingerprint density at radius 3 is 2.63 bits per heavy atom. The third-order valence-corrected chi connectivity index (χ3v) is 2.89. The molecule has 0 saturated heterocycles. The molecule has 0 bridgehead atoms. The fraction of sp³-hybridized carbons (Fsp3) is 0.133. The van der Waals surface area contributed by atoms with Crippen molar-refractivity contribution >= 4 is 17.3 Å². The molecule has 2 aromatic carbocycles. The second-order valence-electron chi connectivity index (χ2n) is 4.23. The molecule has 0 heterocycles. The lowest BCUT2D eigenvalue weighted by Crippen LogP contribution is -2.13. The fourth-order valence-electron chi connectivity index (χ4n) is 1.76. The summed E-state index contributed by atoms with van der Waals surface area (Å²) in [5.74, 6) is 0.440. The van der Waals surface area contributed by atoms with Gasteiger partial charge >= 0.3 is 0 Å². The zero-order chi connectivity index (χ0) is 13.8. The van der Waals surface area contributed by atoms with Gasteiger partial charge in [-0.3, -0.25) is 4.79 Å². The Balaban J connectivity index is 2.23. The van der Waals surface area contributed by atoms with Gasteiger partial charge in [0.2, 0.25) is 0 Å². The second-order valence-corrected chi connectivity index (χ2v) is 4.23. The van der Waals surface area contributed by atoms with Crippen molar-refractivity contribution in [1.29, 1.82) is 0 Å². The third-order valence-electron chi connectivity index (χ3n) is 2.89. The summed E-state index contributed by atoms with van der Waals surface area (Å²) < 4.78 is 5.19. The number of nitrogen functional groups attached to an aromatic ring is 1. The minimum atomic E-state index is -0.187. The first-order valence-corrected chi connectivity index (χ1v) is 5.92. The van der Waals surface area contributed by atoms with Crippen molar-refractivity contribution in [3.8, 4) is 5.75 Å². The van der Waals surface area contributed by atoms with Crippen LogP contribution in [0.15, 0.2) is 42.5 Å². The molecule has 3 N–H and O–H groups in total. The molecule has 0 aliphatic heterocycles. The molecule has 19 heavy (non-hydrogen) atoms. The van der Waals surface area contributed by atoms with Crippen LogP contribution in [0.1, 0.15) is 15.9 Å². The average Bonchev–Trinajstić information content (AvgIpc) is 2.42. The number of ether oxygens (including phenoxy) is 1. The van der Waals surface area contributed by atoms with E-state index in [4.69, 9.17) is 10.5 Å². The predicted molar refractivity (Wildman–Crippen MR) is 76.5 cm³/mol. The molecule has 0 radical (unpaired) electrons. The van der Waals surface area contributed by atoms with E-state index in [2.05, 4.69) is 5.32 Å². The van der Waals surface area contributed by atoms with Crippen LogP contribution >= 0.6 is 0 Å². The van der Waals surface area contributed by atoms with Crippen molar-refractivity contribution in [1.82, 2.24) is 0 Å². The van der Waals surface area contributed by atoms with Gasteiger partial charge in [0.15, 0.2) is 0 Å². The van der Waals surface area contributed by atoms with E-state index < -0.39 is 0 Å². The van der Waals surface area contributed by atoms with Gasteiger partial charge in [0, 0.05) is 11.3 Å². The number of amides is 1. The van der Waals surface area contributed by atoms with Gasteiger partial charge in [-0.15, -0.1) is 0 Å². The Bertz CT molecular complexity index is 609. The summed E-state index contributed by atoms with van der Waals surface area (Å²) >= 11 is 0. The van der Waals surface area contributed by atoms with Crippen LogP contribution in [0.2, 0.25) is 0 Å². The van der Waals surface area contributed by atoms with Gasteiger partial charge in [0.25, 0.3) is 5.91 Å². The first kappa shape index (κ1) is 13.0. The minimum absolute atomic E-state index is 0.187. The molecule has 2 aromatic rings. The van der Waals surface area contributed by atoms with Gasteiger partial charge in [-0.25, -0.2) is 0 Å². The standard InChI is InChI=1S/C15H16N2O2/c1-10-9-11(7-8-12(10)16)15(18)17-13-5-3-4-6-14(13)19-2/h3-9H,16H2,1-2H3,(H,17,18). The zero-order valence-electron chi connectivity index (χ0n) is 10.9. The lowest BCUT2D eigenvalue weighted by Gasteiger charge is -2.10. The molecule has 4 nitrogen and oxygen atoms in total. The van der Waals surface area contributed by atoms with Crippen molar-refractivity contribution < 1.29 is 9.53 Å². The zero-order valence-corrected chi connectivity index (χ0v) is 10.9. The minimum Gasteiger partial charge on any atom is -0.495 e. The van der Waals surface area contributed by atoms with E-state index in [0.717, 1.165) is 5.56 Å². The van der Waals surface area contributed by atoms with Crippen LogP contribution in [0.4, 0.5) is 11.4 Å². The third kappa shape index (κ3) is 2.85. The number of carbonyl (C=O) groups excluding carboxylic acids is 1. The lowest BCUT2D eigenvalue weighted by molar-refractivity contribution is 0.102. The number of nitrogens with two attached hydrogens (primary N) is 1. The maximum absolute atomic E-state index is 12.1. The molecule has 98 valence electrons. The van der Waals surface area contributed by atoms with Crippen LogP contribution in [0, 0.1) is 6.92 Å². The Hall–Kier alpha value is -2.49. The summed E-state index contributed by atoms with van der Waals surface area (Å²) in [5, 5.41) is 2.82. The molecule has 0 aromatic heterocycles. The molecular weight excluding hydrogens is 240 g/mol. The van der Waals surface area contributed by atoms with E-state index in [-0.39, 0.29) is 5.91 Å². The molecule has 0 spiro atoms. The SMILES string of the molecule is COc1ccccc1NC(=O)c1ccc(N)c(C)c1. The van der Waals surface area contributed by atoms with Gasteiger partial charge in [-0.1, -0.05) is 12.1 Å². The number of anilines is 2. The molecule has 0 atom stereocenters. The van der Waals surface area contributed by atoms with Crippen LogP contribution in [0.25, 0.3) is 0 Å². The second kappa shape index (κ2) is 5.44. The highest BCUT2D eigenvalue weighted by molar-refractivity contribution is 6.05. The topological polar surface area (TPSA) is 64.3 Å². The molecule has 0 aliphatic rings. The highest BCUT2D eigenvalue weighted by Gasteiger charge is 2.09. The van der Waals surface area contributed by atoms with Gasteiger partial charge in [-0.05, 0) is 42.8 Å². The molecule has 0 aliphatic carbocycles. The Kier molecular flexibility index (Phi) is 3.71. The first-order chi connectivity index (χ1) is 9.11. The van der Waals surface area contributed by atoms with E-state index >= 15 is 0 Å². The van der Waals surface area contributed by atoms with E-state index in [1.807, 2.05) is 19.1 Å². The number of benzene rings is 2. The highest BCUT2D eigenvalue weighted by atomic mass is 16.5. The number of nitrogens with one attached hydrogen (secondary N) is 1.